The number of hydrogen-bond donors (Lipinski definition) is 1. The van der Waals surface area contributed by atoms with Crippen molar-refractivity contribution in [1.29, 1.82) is 0 Å². The number of hydrogen-bond acceptors (Lipinski definition) is 2. The summed E-state index contributed by atoms with van der Waals surface area (Å²) in [6.45, 7) is 1.74. The molecule has 2 rings (SSSR count). The lowest BCUT2D eigenvalue weighted by Crippen LogP contribution is -2.11. The molecule has 102 valence electrons. The summed E-state index contributed by atoms with van der Waals surface area (Å²) in [4.78, 5) is 0. The van der Waals surface area contributed by atoms with Crippen LogP contribution >= 0.6 is 12.4 Å². The smallest absolute Gasteiger partial charge is 0.119 e. The van der Waals surface area contributed by atoms with Crippen molar-refractivity contribution >= 4 is 12.4 Å². The SMILES string of the molecule is CNCCCOc1ccc(-c2ccccc2)cc1.Cl. The van der Waals surface area contributed by atoms with Gasteiger partial charge in [0.2, 0.25) is 0 Å². The zero-order chi connectivity index (χ0) is 12.6. The third-order valence-corrected chi connectivity index (χ3v) is 2.80. The fourth-order valence-corrected chi connectivity index (χ4v) is 1.81. The van der Waals surface area contributed by atoms with E-state index in [0.717, 1.165) is 25.3 Å². The first-order valence-electron chi connectivity index (χ1n) is 6.33. The van der Waals surface area contributed by atoms with Crippen LogP contribution in [0.5, 0.6) is 5.75 Å². The summed E-state index contributed by atoms with van der Waals surface area (Å²) in [6.07, 6.45) is 1.02. The van der Waals surface area contributed by atoms with Gasteiger partial charge in [0.05, 0.1) is 6.61 Å². The molecule has 3 heteroatoms. The molecule has 0 aliphatic heterocycles. The van der Waals surface area contributed by atoms with E-state index in [9.17, 15) is 0 Å². The van der Waals surface area contributed by atoms with Gasteiger partial charge in [0.1, 0.15) is 5.75 Å². The number of ether oxygens (including phenoxy) is 1. The van der Waals surface area contributed by atoms with Gasteiger partial charge in [0.15, 0.2) is 0 Å². The molecule has 0 fully saturated rings. The van der Waals surface area contributed by atoms with Crippen LogP contribution in [-0.2, 0) is 0 Å². The average molecular weight is 278 g/mol. The molecule has 2 aromatic carbocycles. The maximum Gasteiger partial charge on any atom is 0.119 e. The van der Waals surface area contributed by atoms with Crippen LogP contribution in [0.25, 0.3) is 11.1 Å². The van der Waals surface area contributed by atoms with Crippen molar-refractivity contribution in [1.82, 2.24) is 5.32 Å². The normalized spacial score (nSPS) is 9.74. The minimum atomic E-state index is 0. The van der Waals surface area contributed by atoms with Gasteiger partial charge in [0.25, 0.3) is 0 Å². The highest BCUT2D eigenvalue weighted by molar-refractivity contribution is 5.85. The second kappa shape index (κ2) is 8.57. The molecule has 0 aliphatic carbocycles. The molecule has 2 aromatic rings. The van der Waals surface area contributed by atoms with Crippen molar-refractivity contribution in [3.05, 3.63) is 54.6 Å². The predicted octanol–water partition coefficient (Wildman–Crippen LogP) is 3.76. The molecule has 0 amide bonds. The lowest BCUT2D eigenvalue weighted by atomic mass is 10.1. The molecule has 0 aliphatic rings. The van der Waals surface area contributed by atoms with Crippen LogP contribution < -0.4 is 10.1 Å². The van der Waals surface area contributed by atoms with Gasteiger partial charge < -0.3 is 10.1 Å². The Morgan fingerprint density at radius 1 is 0.895 bits per heavy atom. The summed E-state index contributed by atoms with van der Waals surface area (Å²) < 4.78 is 5.66. The van der Waals surface area contributed by atoms with Crippen molar-refractivity contribution in [2.75, 3.05) is 20.2 Å². The third kappa shape index (κ3) is 4.93. The van der Waals surface area contributed by atoms with Gasteiger partial charge in [-0.25, -0.2) is 0 Å². The summed E-state index contributed by atoms with van der Waals surface area (Å²) >= 11 is 0. The Bertz CT molecular complexity index is 456. The third-order valence-electron chi connectivity index (χ3n) is 2.80. The molecule has 0 radical (unpaired) electrons. The maximum atomic E-state index is 5.66. The van der Waals surface area contributed by atoms with Gasteiger partial charge in [-0.05, 0) is 43.3 Å². The molecule has 0 aromatic heterocycles. The monoisotopic (exact) mass is 277 g/mol. The van der Waals surface area contributed by atoms with Crippen LogP contribution in [0.4, 0.5) is 0 Å². The summed E-state index contributed by atoms with van der Waals surface area (Å²) in [5.41, 5.74) is 2.46. The van der Waals surface area contributed by atoms with Crippen LogP contribution in [-0.4, -0.2) is 20.2 Å². The van der Waals surface area contributed by atoms with Crippen molar-refractivity contribution < 1.29 is 4.74 Å². The van der Waals surface area contributed by atoms with Crippen LogP contribution in [0.3, 0.4) is 0 Å². The van der Waals surface area contributed by atoms with E-state index in [1.54, 1.807) is 0 Å². The average Bonchev–Trinajstić information content (AvgIpc) is 2.45. The maximum absolute atomic E-state index is 5.66. The minimum absolute atomic E-state index is 0. The van der Waals surface area contributed by atoms with Crippen molar-refractivity contribution in [2.24, 2.45) is 0 Å². The number of halogens is 1. The Morgan fingerprint density at radius 3 is 2.16 bits per heavy atom. The molecule has 1 N–H and O–H groups in total. The molecule has 0 bridgehead atoms. The zero-order valence-electron chi connectivity index (χ0n) is 11.1. The second-order valence-electron chi connectivity index (χ2n) is 4.20. The van der Waals surface area contributed by atoms with Crippen molar-refractivity contribution in [2.45, 2.75) is 6.42 Å². The van der Waals surface area contributed by atoms with Gasteiger partial charge >= 0.3 is 0 Å². The van der Waals surface area contributed by atoms with Crippen molar-refractivity contribution in [3.8, 4) is 16.9 Å². The van der Waals surface area contributed by atoms with Gasteiger partial charge in [-0.2, -0.15) is 0 Å². The molecule has 19 heavy (non-hydrogen) atoms. The molecular weight excluding hydrogens is 258 g/mol. The molecule has 0 heterocycles. The molecule has 0 saturated carbocycles. The second-order valence-corrected chi connectivity index (χ2v) is 4.20. The largest absolute Gasteiger partial charge is 0.494 e. The van der Waals surface area contributed by atoms with E-state index in [-0.39, 0.29) is 12.4 Å². The number of nitrogens with one attached hydrogen (secondary N) is 1. The van der Waals surface area contributed by atoms with Gasteiger partial charge in [0, 0.05) is 0 Å². The predicted molar refractivity (Wildman–Crippen MR) is 83.2 cm³/mol. The first-order valence-corrected chi connectivity index (χ1v) is 6.33. The van der Waals surface area contributed by atoms with E-state index in [1.165, 1.54) is 11.1 Å². The Hall–Kier alpha value is -1.51. The number of benzene rings is 2. The number of rotatable bonds is 6. The highest BCUT2D eigenvalue weighted by Crippen LogP contribution is 2.21. The highest BCUT2D eigenvalue weighted by Gasteiger charge is 1.97. The Labute approximate surface area is 121 Å². The summed E-state index contributed by atoms with van der Waals surface area (Å²) in [7, 11) is 1.95. The molecule has 0 atom stereocenters. The lowest BCUT2D eigenvalue weighted by molar-refractivity contribution is 0.310. The van der Waals surface area contributed by atoms with E-state index in [2.05, 4.69) is 41.7 Å². The summed E-state index contributed by atoms with van der Waals surface area (Å²) in [5.74, 6) is 0.936. The van der Waals surface area contributed by atoms with Crippen LogP contribution in [0, 0.1) is 0 Å². The zero-order valence-corrected chi connectivity index (χ0v) is 12.0. The fourth-order valence-electron chi connectivity index (χ4n) is 1.81. The Balaban J connectivity index is 0.00000180. The molecule has 0 saturated heterocycles. The van der Waals surface area contributed by atoms with E-state index >= 15 is 0 Å². The van der Waals surface area contributed by atoms with Gasteiger partial charge in [-0.15, -0.1) is 12.4 Å². The van der Waals surface area contributed by atoms with Crippen LogP contribution in [0.15, 0.2) is 54.6 Å². The first-order chi connectivity index (χ1) is 8.90. The highest BCUT2D eigenvalue weighted by atomic mass is 35.5. The van der Waals surface area contributed by atoms with Gasteiger partial charge in [-0.3, -0.25) is 0 Å². The Kier molecular flexibility index (Phi) is 7.01. The Morgan fingerprint density at radius 2 is 1.53 bits per heavy atom. The molecule has 2 nitrogen and oxygen atoms in total. The van der Waals surface area contributed by atoms with Gasteiger partial charge in [-0.1, -0.05) is 42.5 Å². The molecule has 0 unspecified atom stereocenters. The topological polar surface area (TPSA) is 21.3 Å². The van der Waals surface area contributed by atoms with E-state index in [0.29, 0.717) is 0 Å². The fraction of sp³-hybridized carbons (Fsp3) is 0.250. The van der Waals surface area contributed by atoms with Crippen LogP contribution in [0.1, 0.15) is 6.42 Å². The minimum Gasteiger partial charge on any atom is -0.494 e. The summed E-state index contributed by atoms with van der Waals surface area (Å²) in [6, 6.07) is 18.6. The van der Waals surface area contributed by atoms with Crippen LogP contribution in [0.2, 0.25) is 0 Å². The van der Waals surface area contributed by atoms with E-state index < -0.39 is 0 Å². The molecule has 0 spiro atoms. The lowest BCUT2D eigenvalue weighted by Gasteiger charge is -2.07. The van der Waals surface area contributed by atoms with Crippen molar-refractivity contribution in [3.63, 3.8) is 0 Å². The first kappa shape index (κ1) is 15.5. The van der Waals surface area contributed by atoms with E-state index in [1.807, 2.05) is 25.2 Å². The quantitative estimate of drug-likeness (QED) is 0.812. The molecular formula is C16H20ClNO. The standard InChI is InChI=1S/C16H19NO.ClH/c1-17-12-5-13-18-16-10-8-15(9-11-16)14-6-3-2-4-7-14;/h2-4,6-11,17H,5,12-13H2,1H3;1H. The van der Waals surface area contributed by atoms with E-state index in [4.69, 9.17) is 4.74 Å². The summed E-state index contributed by atoms with van der Waals surface area (Å²) in [5, 5.41) is 3.10.